The number of hydrogen-bond donors (Lipinski definition) is 1. The molecule has 0 saturated heterocycles. The number of aromatic nitrogens is 3. The van der Waals surface area contributed by atoms with Gasteiger partial charge in [-0.3, -0.25) is 9.55 Å². The third kappa shape index (κ3) is 9.19. The second-order valence-electron chi connectivity index (χ2n) is 20.9. The van der Waals surface area contributed by atoms with Gasteiger partial charge in [0, 0.05) is 33.8 Å². The Kier molecular flexibility index (Phi) is 9.03. The number of imidazole rings is 1. The van der Waals surface area contributed by atoms with Crippen LogP contribution in [0.2, 0.25) is 0 Å². The molecule has 0 atom stereocenters. The maximum Gasteiger partial charge on any atom is 0.149 e. The van der Waals surface area contributed by atoms with Gasteiger partial charge in [0.25, 0.3) is 0 Å². The van der Waals surface area contributed by atoms with Crippen molar-refractivity contribution in [3.05, 3.63) is 216 Å². The van der Waals surface area contributed by atoms with Crippen LogP contribution in [0.5, 0.6) is 5.75 Å². The Morgan fingerprint density at radius 1 is 0.472 bits per heavy atom. The molecule has 4 heteroatoms. The van der Waals surface area contributed by atoms with Gasteiger partial charge in [-0.25, -0.2) is 4.98 Å². The predicted octanol–water partition coefficient (Wildman–Crippen LogP) is 18.3. The maximum absolute atomic E-state index is 12.2. The molecular formula is C68H65N3O. The average molecular weight is 952 g/mol. The van der Waals surface area contributed by atoms with Crippen molar-refractivity contribution < 1.29 is 21.6 Å². The summed E-state index contributed by atoms with van der Waals surface area (Å²) in [6.45, 7) is 1.77. The Morgan fingerprint density at radius 3 is 1.82 bits per heavy atom. The SMILES string of the molecule is [2H]C([2H])([2H])c1cc(-c2c(-c3ccccc3)cccc2C(C)(C)C)ccc1-n1c(-c2cc(C(C)(C)C)cc(C)c2O)nc2c(-c3cc(-c4ccccc4)cc(-c4cc(-c5ccc(C(C([2H])([2H])[2H])(C([2H])([2H])[2H])C([2H])([2H])[2H])cc5)ccn4)c3)cccc21. The third-order valence-electron chi connectivity index (χ3n) is 13.6. The molecule has 2 aromatic heterocycles. The summed E-state index contributed by atoms with van der Waals surface area (Å²) in [7, 11) is 0. The van der Waals surface area contributed by atoms with E-state index in [1.54, 1.807) is 18.3 Å². The summed E-state index contributed by atoms with van der Waals surface area (Å²) in [4.78, 5) is 10.3. The Bertz CT molecular complexity index is 4070. The molecule has 72 heavy (non-hydrogen) atoms. The zero-order valence-corrected chi connectivity index (χ0v) is 41.7. The van der Waals surface area contributed by atoms with E-state index in [2.05, 4.69) is 77.9 Å². The smallest absolute Gasteiger partial charge is 0.149 e. The Balaban J connectivity index is 1.20. The van der Waals surface area contributed by atoms with Crippen molar-refractivity contribution in [3.8, 4) is 89.7 Å². The van der Waals surface area contributed by atoms with Gasteiger partial charge in [0.2, 0.25) is 0 Å². The number of phenols is 1. The van der Waals surface area contributed by atoms with Crippen LogP contribution in [0.4, 0.5) is 0 Å². The third-order valence-corrected chi connectivity index (χ3v) is 13.6. The van der Waals surface area contributed by atoms with E-state index in [0.29, 0.717) is 61.6 Å². The first-order valence-corrected chi connectivity index (χ1v) is 24.3. The van der Waals surface area contributed by atoms with E-state index in [0.717, 1.165) is 50.1 Å². The minimum Gasteiger partial charge on any atom is -0.507 e. The van der Waals surface area contributed by atoms with Crippen molar-refractivity contribution in [2.24, 2.45) is 0 Å². The van der Waals surface area contributed by atoms with Crippen molar-refractivity contribution in [1.82, 2.24) is 14.5 Å². The van der Waals surface area contributed by atoms with E-state index < -0.39 is 32.8 Å². The lowest BCUT2D eigenvalue weighted by Crippen LogP contribution is -2.13. The van der Waals surface area contributed by atoms with Crippen molar-refractivity contribution in [2.75, 3.05) is 0 Å². The number of pyridine rings is 1. The van der Waals surface area contributed by atoms with Gasteiger partial charge in [-0.05, 0) is 163 Å². The molecule has 0 amide bonds. The molecule has 0 bridgehead atoms. The summed E-state index contributed by atoms with van der Waals surface area (Å²) in [5.74, 6) is 0.357. The number of rotatable bonds is 8. The number of aromatic hydroxyl groups is 1. The summed E-state index contributed by atoms with van der Waals surface area (Å²) in [5, 5.41) is 12.2. The minimum atomic E-state index is -3.40. The monoisotopic (exact) mass is 952 g/mol. The molecule has 0 unspecified atom stereocenters. The molecule has 0 fully saturated rings. The molecule has 10 aromatic rings. The lowest BCUT2D eigenvalue weighted by Gasteiger charge is -2.26. The normalized spacial score (nSPS) is 15.3. The maximum atomic E-state index is 12.2. The zero-order chi connectivity index (χ0) is 60.7. The Hall–Kier alpha value is -7.82. The summed E-state index contributed by atoms with van der Waals surface area (Å²) in [6, 6.07) is 56.9. The number of aryl methyl sites for hydroxylation is 2. The van der Waals surface area contributed by atoms with Gasteiger partial charge in [-0.2, -0.15) is 0 Å². The molecule has 0 aliphatic rings. The van der Waals surface area contributed by atoms with Crippen LogP contribution in [-0.4, -0.2) is 19.6 Å². The van der Waals surface area contributed by atoms with Crippen LogP contribution >= 0.6 is 0 Å². The fraction of sp³-hybridized carbons (Fsp3) is 0.206. The van der Waals surface area contributed by atoms with E-state index in [1.165, 1.54) is 24.3 Å². The molecule has 8 aromatic carbocycles. The van der Waals surface area contributed by atoms with Crippen LogP contribution in [0.25, 0.3) is 95.0 Å². The van der Waals surface area contributed by atoms with E-state index in [4.69, 9.17) is 22.3 Å². The first-order valence-electron chi connectivity index (χ1n) is 30.3. The molecule has 358 valence electrons. The van der Waals surface area contributed by atoms with Crippen LogP contribution in [0, 0.1) is 13.8 Å². The quantitative estimate of drug-likeness (QED) is 0.165. The largest absolute Gasteiger partial charge is 0.507 e. The molecule has 0 radical (unpaired) electrons. The van der Waals surface area contributed by atoms with Crippen LogP contribution < -0.4 is 0 Å². The molecule has 0 saturated carbocycles. The van der Waals surface area contributed by atoms with E-state index in [-0.39, 0.29) is 27.7 Å². The number of fused-ring (bicyclic) bond motifs is 1. The van der Waals surface area contributed by atoms with Gasteiger partial charge in [-0.15, -0.1) is 0 Å². The Labute approximate surface area is 443 Å². The summed E-state index contributed by atoms with van der Waals surface area (Å²) >= 11 is 0. The van der Waals surface area contributed by atoms with Crippen molar-refractivity contribution in [3.63, 3.8) is 0 Å². The van der Waals surface area contributed by atoms with Crippen molar-refractivity contribution in [1.29, 1.82) is 0 Å². The zero-order valence-electron chi connectivity index (χ0n) is 53.7. The first kappa shape index (κ1) is 35.3. The summed E-state index contributed by atoms with van der Waals surface area (Å²) in [5.41, 5.74) is 9.88. The highest BCUT2D eigenvalue weighted by molar-refractivity contribution is 5.98. The first-order chi connectivity index (χ1) is 39.3. The van der Waals surface area contributed by atoms with Crippen molar-refractivity contribution in [2.45, 2.75) is 92.1 Å². The number of phenolic OH excluding ortho intramolecular Hbond substituents is 1. The molecular weight excluding hydrogens is 875 g/mol. The van der Waals surface area contributed by atoms with Crippen LogP contribution in [0.1, 0.15) is 106 Å². The highest BCUT2D eigenvalue weighted by atomic mass is 16.3. The van der Waals surface area contributed by atoms with Gasteiger partial charge < -0.3 is 5.11 Å². The van der Waals surface area contributed by atoms with Crippen molar-refractivity contribution >= 4 is 11.0 Å². The predicted molar refractivity (Wildman–Crippen MR) is 304 cm³/mol. The van der Waals surface area contributed by atoms with E-state index in [9.17, 15) is 9.22 Å². The molecule has 4 nitrogen and oxygen atoms in total. The van der Waals surface area contributed by atoms with E-state index >= 15 is 0 Å². The second-order valence-corrected chi connectivity index (χ2v) is 20.9. The summed E-state index contributed by atoms with van der Waals surface area (Å²) in [6.07, 6.45) is 1.64. The van der Waals surface area contributed by atoms with Gasteiger partial charge >= 0.3 is 0 Å². The average Bonchev–Trinajstić information content (AvgIpc) is 1.19. The topological polar surface area (TPSA) is 50.9 Å². The second kappa shape index (κ2) is 18.4. The van der Waals surface area contributed by atoms with Crippen LogP contribution in [0.15, 0.2) is 188 Å². The number of para-hydroxylation sites is 1. The fourth-order valence-electron chi connectivity index (χ4n) is 9.78. The fourth-order valence-corrected chi connectivity index (χ4v) is 9.78. The molecule has 1 N–H and O–H groups in total. The van der Waals surface area contributed by atoms with E-state index in [1.807, 2.05) is 121 Å². The highest BCUT2D eigenvalue weighted by Crippen LogP contribution is 2.45. The van der Waals surface area contributed by atoms with Gasteiger partial charge in [0.1, 0.15) is 11.6 Å². The molecule has 0 aliphatic heterocycles. The molecule has 0 spiro atoms. The number of nitrogens with zero attached hydrogens (tertiary/aromatic N) is 3. The van der Waals surface area contributed by atoms with Crippen LogP contribution in [0.3, 0.4) is 0 Å². The molecule has 0 aliphatic carbocycles. The molecule has 2 heterocycles. The van der Waals surface area contributed by atoms with Crippen LogP contribution in [-0.2, 0) is 16.2 Å². The number of hydrogen-bond acceptors (Lipinski definition) is 3. The summed E-state index contributed by atoms with van der Waals surface area (Å²) < 4.78 is 104. The van der Waals surface area contributed by atoms with Gasteiger partial charge in [0.05, 0.1) is 28.0 Å². The Morgan fingerprint density at radius 2 is 1.12 bits per heavy atom. The lowest BCUT2D eigenvalue weighted by atomic mass is 9.78. The highest BCUT2D eigenvalue weighted by Gasteiger charge is 2.27. The minimum absolute atomic E-state index is 0.0138. The lowest BCUT2D eigenvalue weighted by molar-refractivity contribution is 0.471. The number of benzene rings is 8. The van der Waals surface area contributed by atoms with Gasteiger partial charge in [-0.1, -0.05) is 189 Å². The molecule has 10 rings (SSSR count). The standard InChI is InChI=1S/C68H65N3O/c1-43-36-49(62-55(47-22-16-13-17-23-47)24-18-26-58(62)68(9,10)11)30-33-60(43)71-61-27-19-25-56(63(61)70-65(71)57-42-54(67(6,7)8)37-44(2)64(57)72)51-38-50(45-20-14-12-15-21-45)39-52(40-51)59-41-48(34-35-69-59)46-28-31-53(32-29-46)66(3,4)5/h12-42,72H,1-11H3/i1D3,3D3,4D3,5D3. The van der Waals surface area contributed by atoms with Gasteiger partial charge in [0.15, 0.2) is 0 Å².